The van der Waals surface area contributed by atoms with Gasteiger partial charge in [-0.05, 0) is 36.9 Å². The van der Waals surface area contributed by atoms with E-state index in [1.54, 1.807) is 32.4 Å². The van der Waals surface area contributed by atoms with Gasteiger partial charge in [-0.25, -0.2) is 0 Å². The predicted octanol–water partition coefficient (Wildman–Crippen LogP) is 7.70. The number of rotatable bonds is 10. The van der Waals surface area contributed by atoms with E-state index in [1.165, 1.54) is 5.56 Å². The van der Waals surface area contributed by atoms with Crippen LogP contribution < -0.4 is 9.47 Å². The predicted molar refractivity (Wildman–Crippen MR) is 165 cm³/mol. The molecular formula is C29H35I2NO4V. The molecule has 1 radical (unpaired) electrons. The van der Waals surface area contributed by atoms with Gasteiger partial charge in [0.25, 0.3) is 0 Å². The van der Waals surface area contributed by atoms with Crippen LogP contribution in [0, 0.1) is 5.92 Å². The zero-order valence-electron chi connectivity index (χ0n) is 22.0. The summed E-state index contributed by atoms with van der Waals surface area (Å²) >= 11 is 4.24. The zero-order valence-corrected chi connectivity index (χ0v) is 27.7. The first-order chi connectivity index (χ1) is 17.4. The maximum absolute atomic E-state index is 12.5. The molecule has 0 aliphatic carbocycles. The Morgan fingerprint density at radius 1 is 0.838 bits per heavy atom. The van der Waals surface area contributed by atoms with Crippen molar-refractivity contribution in [3.8, 4) is 11.5 Å². The minimum atomic E-state index is -0.0548. The normalized spacial score (nSPS) is 10.5. The van der Waals surface area contributed by atoms with E-state index < -0.39 is 0 Å². The summed E-state index contributed by atoms with van der Waals surface area (Å²) in [4.78, 5) is 25.9. The van der Waals surface area contributed by atoms with Gasteiger partial charge >= 0.3 is 0 Å². The van der Waals surface area contributed by atoms with E-state index in [2.05, 4.69) is 54.3 Å². The van der Waals surface area contributed by atoms with E-state index in [0.29, 0.717) is 12.0 Å². The molecule has 3 aromatic rings. The molecule has 0 heterocycles. The van der Waals surface area contributed by atoms with Gasteiger partial charge in [-0.1, -0.05) is 68.4 Å². The van der Waals surface area contributed by atoms with Gasteiger partial charge < -0.3 is 14.4 Å². The van der Waals surface area contributed by atoms with Crippen LogP contribution in [-0.2, 0) is 25.1 Å². The second kappa shape index (κ2) is 20.6. The van der Waals surface area contributed by atoms with Crippen LogP contribution in [0.15, 0.2) is 78.9 Å². The van der Waals surface area contributed by atoms with Gasteiger partial charge in [-0.15, -0.1) is 0 Å². The Morgan fingerprint density at radius 2 is 1.35 bits per heavy atom. The molecule has 8 heteroatoms. The first-order valence-electron chi connectivity index (χ1n) is 11.6. The van der Waals surface area contributed by atoms with Crippen molar-refractivity contribution in [2.24, 2.45) is 5.92 Å². The number of hydrogen-bond donors (Lipinski definition) is 0. The van der Waals surface area contributed by atoms with Crippen LogP contribution in [0.3, 0.4) is 0 Å². The molecule has 0 aromatic heterocycles. The molecule has 0 aliphatic heterocycles. The van der Waals surface area contributed by atoms with Gasteiger partial charge in [0.05, 0.1) is 14.2 Å². The SMILES string of the molecule is CCC(=O)c1cccc(OC)c1.COc1cccc(C(=O)C(C)CN(C)Cc2ccccc2)c1.II.[V]. The number of Topliss-reactive ketones (excluding diaryl/α,β-unsaturated/α-hetero) is 2. The van der Waals surface area contributed by atoms with Gasteiger partial charge in [-0.2, -0.15) is 0 Å². The maximum atomic E-state index is 12.5. The molecular weight excluding hydrogens is 731 g/mol. The summed E-state index contributed by atoms with van der Waals surface area (Å²) in [6.45, 7) is 5.40. The Kier molecular flexibility index (Phi) is 19.8. The number of carbonyl (C=O) groups is 2. The largest absolute Gasteiger partial charge is 0.497 e. The number of halogens is 2. The third-order valence-electron chi connectivity index (χ3n) is 5.40. The average Bonchev–Trinajstić information content (AvgIpc) is 2.94. The fourth-order valence-corrected chi connectivity index (χ4v) is 3.57. The number of hydrogen-bond acceptors (Lipinski definition) is 5. The van der Waals surface area contributed by atoms with Crippen molar-refractivity contribution in [2.75, 3.05) is 27.8 Å². The fourth-order valence-electron chi connectivity index (χ4n) is 3.57. The molecule has 1 unspecified atom stereocenters. The molecule has 3 aromatic carbocycles. The molecule has 199 valence electrons. The first kappa shape index (κ1) is 35.6. The van der Waals surface area contributed by atoms with E-state index in [9.17, 15) is 9.59 Å². The van der Waals surface area contributed by atoms with Crippen molar-refractivity contribution in [2.45, 2.75) is 26.8 Å². The Balaban J connectivity index is 0.000000735. The molecule has 0 fully saturated rings. The van der Waals surface area contributed by atoms with Gasteiger partial charge in [0.1, 0.15) is 11.5 Å². The van der Waals surface area contributed by atoms with Crippen molar-refractivity contribution in [3.63, 3.8) is 0 Å². The smallest absolute Gasteiger partial charge is 0.167 e. The van der Waals surface area contributed by atoms with Crippen LogP contribution in [0.4, 0.5) is 0 Å². The number of methoxy groups -OCH3 is 2. The summed E-state index contributed by atoms with van der Waals surface area (Å²) in [6.07, 6.45) is 0.535. The quantitative estimate of drug-likeness (QED) is 0.157. The van der Waals surface area contributed by atoms with Gasteiger partial charge in [0, 0.05) is 92.3 Å². The van der Waals surface area contributed by atoms with E-state index in [4.69, 9.17) is 9.47 Å². The number of ketones is 2. The summed E-state index contributed by atoms with van der Waals surface area (Å²) in [5.41, 5.74) is 2.68. The minimum absolute atomic E-state index is 0. The molecule has 37 heavy (non-hydrogen) atoms. The molecule has 0 aliphatic rings. The summed E-state index contributed by atoms with van der Waals surface area (Å²) < 4.78 is 10.2. The zero-order chi connectivity index (χ0) is 26.9. The number of ether oxygens (including phenoxy) is 2. The van der Waals surface area contributed by atoms with Gasteiger partial charge in [-0.3, -0.25) is 9.59 Å². The minimum Gasteiger partial charge on any atom is -0.497 e. The number of nitrogens with zero attached hydrogens (tertiary/aromatic N) is 1. The number of carbonyl (C=O) groups excluding carboxylic acids is 2. The van der Waals surface area contributed by atoms with Crippen molar-refractivity contribution >= 4 is 48.8 Å². The van der Waals surface area contributed by atoms with Crippen molar-refractivity contribution in [1.82, 2.24) is 4.90 Å². The first-order valence-corrected chi connectivity index (χ1v) is 17.9. The van der Waals surface area contributed by atoms with Crippen LogP contribution in [0.25, 0.3) is 0 Å². The second-order valence-corrected chi connectivity index (χ2v) is 8.19. The van der Waals surface area contributed by atoms with Crippen LogP contribution in [0.2, 0.25) is 0 Å². The van der Waals surface area contributed by atoms with Crippen molar-refractivity contribution in [3.05, 3.63) is 95.6 Å². The molecule has 0 spiro atoms. The Hall–Kier alpha value is -1.40. The summed E-state index contributed by atoms with van der Waals surface area (Å²) in [5.74, 6) is 1.69. The van der Waals surface area contributed by atoms with E-state index >= 15 is 0 Å². The molecule has 0 amide bonds. The topological polar surface area (TPSA) is 55.8 Å². The standard InChI is InChI=1S/C19H23NO2.C10H12O2.I2.V/c1-15(13-20(2)14-16-8-5-4-6-9-16)19(21)17-10-7-11-18(12-17)22-3;1-3-10(11)8-5-4-6-9(7-8)12-2;1-2;/h4-12,15H,13-14H2,1-3H3;4-7H,3H2,1-2H3;;. The fraction of sp³-hybridized carbons (Fsp3) is 0.310. The van der Waals surface area contributed by atoms with Gasteiger partial charge in [0.2, 0.25) is 0 Å². The Bertz CT molecular complexity index is 1070. The number of benzene rings is 3. The molecule has 5 nitrogen and oxygen atoms in total. The third-order valence-corrected chi connectivity index (χ3v) is 5.40. The molecule has 0 bridgehead atoms. The summed E-state index contributed by atoms with van der Waals surface area (Å²) in [6, 6.07) is 24.8. The van der Waals surface area contributed by atoms with Crippen LogP contribution in [0.1, 0.15) is 46.5 Å². The third kappa shape index (κ3) is 13.3. The molecule has 1 atom stereocenters. The molecule has 0 N–H and O–H groups in total. The van der Waals surface area contributed by atoms with Gasteiger partial charge in [0.15, 0.2) is 11.6 Å². The summed E-state index contributed by atoms with van der Waals surface area (Å²) in [5, 5.41) is 0. The molecule has 0 saturated carbocycles. The van der Waals surface area contributed by atoms with Crippen molar-refractivity contribution < 1.29 is 37.6 Å². The van der Waals surface area contributed by atoms with Crippen LogP contribution in [-0.4, -0.2) is 44.3 Å². The monoisotopic (exact) mass is 766 g/mol. The van der Waals surface area contributed by atoms with Crippen LogP contribution in [0.5, 0.6) is 11.5 Å². The van der Waals surface area contributed by atoms with Crippen LogP contribution >= 0.6 is 37.2 Å². The van der Waals surface area contributed by atoms with E-state index in [0.717, 1.165) is 30.2 Å². The average molecular weight is 766 g/mol. The van der Waals surface area contributed by atoms with E-state index in [1.807, 2.05) is 69.4 Å². The molecule has 3 rings (SSSR count). The molecule has 0 saturated heterocycles. The maximum Gasteiger partial charge on any atom is 0.167 e. The summed E-state index contributed by atoms with van der Waals surface area (Å²) in [7, 11) is 5.25. The van der Waals surface area contributed by atoms with E-state index in [-0.39, 0.29) is 36.0 Å². The Labute approximate surface area is 256 Å². The van der Waals surface area contributed by atoms with Crippen molar-refractivity contribution in [1.29, 1.82) is 0 Å². The second-order valence-electron chi connectivity index (χ2n) is 8.19. The Morgan fingerprint density at radius 3 is 1.86 bits per heavy atom.